The molecule has 3 aromatic rings. The van der Waals surface area contributed by atoms with E-state index in [4.69, 9.17) is 13.9 Å². The van der Waals surface area contributed by atoms with E-state index in [1.54, 1.807) is 26.4 Å². The maximum Gasteiger partial charge on any atom is 0.274 e. The second kappa shape index (κ2) is 9.45. The minimum absolute atomic E-state index is 0.116. The van der Waals surface area contributed by atoms with E-state index in [9.17, 15) is 4.39 Å². The van der Waals surface area contributed by atoms with Gasteiger partial charge in [-0.3, -0.25) is 0 Å². The number of quaternary nitrogens is 2. The molecular weight excluding hydrogens is 399 g/mol. The standard InChI is InChI=1S/C23H27FN4O3/c1-16(22-25-26-23(31-22)17-4-7-20(29-2)8-5-17)28-12-10-27(11-13-28)15-18-14-19(24)6-9-21(18)30-3/h4-9,14,16H,10-13,15H2,1-3H3/p+2/t16-/m1/s1. The Morgan fingerprint density at radius 3 is 2.42 bits per heavy atom. The van der Waals surface area contributed by atoms with E-state index in [0.717, 1.165) is 55.3 Å². The summed E-state index contributed by atoms with van der Waals surface area (Å²) in [5.41, 5.74) is 1.79. The van der Waals surface area contributed by atoms with Gasteiger partial charge >= 0.3 is 0 Å². The van der Waals surface area contributed by atoms with Crippen molar-refractivity contribution in [2.45, 2.75) is 19.5 Å². The highest BCUT2D eigenvalue weighted by molar-refractivity contribution is 5.53. The lowest BCUT2D eigenvalue weighted by Gasteiger charge is -2.32. The van der Waals surface area contributed by atoms with Gasteiger partial charge in [0.15, 0.2) is 6.04 Å². The summed E-state index contributed by atoms with van der Waals surface area (Å²) >= 11 is 0. The normalized spacial score (nSPS) is 19.7. The van der Waals surface area contributed by atoms with E-state index in [1.165, 1.54) is 15.9 Å². The van der Waals surface area contributed by atoms with E-state index in [-0.39, 0.29) is 11.9 Å². The Hall–Kier alpha value is -2.97. The van der Waals surface area contributed by atoms with Crippen molar-refractivity contribution >= 4 is 0 Å². The molecule has 31 heavy (non-hydrogen) atoms. The van der Waals surface area contributed by atoms with E-state index < -0.39 is 0 Å². The van der Waals surface area contributed by atoms with Crippen molar-refractivity contribution < 1.29 is 28.1 Å². The number of benzene rings is 2. The zero-order chi connectivity index (χ0) is 21.8. The SMILES string of the molecule is COc1ccc(-c2nnc([C@@H](C)[NH+]3CC[NH+](Cc4cc(F)ccc4OC)CC3)o2)cc1. The maximum atomic E-state index is 13.7. The second-order valence-corrected chi connectivity index (χ2v) is 7.94. The molecule has 1 saturated heterocycles. The Bertz CT molecular complexity index is 1000. The fourth-order valence-corrected chi connectivity index (χ4v) is 4.12. The first kappa shape index (κ1) is 21.3. The van der Waals surface area contributed by atoms with Crippen LogP contribution in [0.15, 0.2) is 46.9 Å². The van der Waals surface area contributed by atoms with Crippen molar-refractivity contribution in [3.63, 3.8) is 0 Å². The van der Waals surface area contributed by atoms with Gasteiger partial charge in [0, 0.05) is 5.56 Å². The third-order valence-corrected chi connectivity index (χ3v) is 6.04. The number of halogens is 1. The van der Waals surface area contributed by atoms with Crippen molar-refractivity contribution in [2.24, 2.45) is 0 Å². The van der Waals surface area contributed by atoms with Crippen LogP contribution in [-0.2, 0) is 6.54 Å². The highest BCUT2D eigenvalue weighted by Crippen LogP contribution is 2.22. The first-order chi connectivity index (χ1) is 15.1. The molecule has 2 aromatic carbocycles. The number of nitrogens with zero attached hydrogens (tertiary/aromatic N) is 2. The van der Waals surface area contributed by atoms with Crippen LogP contribution < -0.4 is 19.3 Å². The molecule has 0 aliphatic carbocycles. The van der Waals surface area contributed by atoms with Gasteiger partial charge in [-0.2, -0.15) is 0 Å². The predicted molar refractivity (Wildman–Crippen MR) is 113 cm³/mol. The summed E-state index contributed by atoms with van der Waals surface area (Å²) in [4.78, 5) is 2.84. The van der Waals surface area contributed by atoms with Crippen LogP contribution in [0.4, 0.5) is 4.39 Å². The van der Waals surface area contributed by atoms with Crippen molar-refractivity contribution in [1.29, 1.82) is 0 Å². The molecule has 0 spiro atoms. The molecule has 1 atom stereocenters. The molecule has 2 N–H and O–H groups in total. The molecule has 0 radical (unpaired) electrons. The molecule has 1 fully saturated rings. The summed E-state index contributed by atoms with van der Waals surface area (Å²) in [7, 11) is 3.26. The van der Waals surface area contributed by atoms with Crippen LogP contribution in [0.5, 0.6) is 11.5 Å². The highest BCUT2D eigenvalue weighted by atomic mass is 19.1. The second-order valence-electron chi connectivity index (χ2n) is 7.94. The molecule has 164 valence electrons. The van der Waals surface area contributed by atoms with Crippen LogP contribution in [-0.4, -0.2) is 50.6 Å². The molecule has 4 rings (SSSR count). The summed E-state index contributed by atoms with van der Waals surface area (Å²) in [6, 6.07) is 12.4. The quantitative estimate of drug-likeness (QED) is 0.586. The highest BCUT2D eigenvalue weighted by Gasteiger charge is 2.31. The number of ether oxygens (including phenoxy) is 2. The van der Waals surface area contributed by atoms with Gasteiger partial charge in [-0.15, -0.1) is 10.2 Å². The molecule has 0 amide bonds. The fourth-order valence-electron chi connectivity index (χ4n) is 4.12. The van der Waals surface area contributed by atoms with Gasteiger partial charge in [0.05, 0.1) is 19.8 Å². The molecule has 1 aromatic heterocycles. The van der Waals surface area contributed by atoms with Crippen LogP contribution in [0.1, 0.15) is 24.4 Å². The molecule has 0 unspecified atom stereocenters. The predicted octanol–water partition coefficient (Wildman–Crippen LogP) is 0.938. The topological polar surface area (TPSA) is 66.3 Å². The molecule has 7 nitrogen and oxygen atoms in total. The Morgan fingerprint density at radius 2 is 1.74 bits per heavy atom. The van der Waals surface area contributed by atoms with Gasteiger partial charge in [0.1, 0.15) is 50.0 Å². The summed E-state index contributed by atoms with van der Waals surface area (Å²) in [6.45, 7) is 6.81. The van der Waals surface area contributed by atoms with Crippen molar-refractivity contribution in [3.05, 3.63) is 59.7 Å². The summed E-state index contributed by atoms with van der Waals surface area (Å²) in [5.74, 6) is 2.48. The summed E-state index contributed by atoms with van der Waals surface area (Å²) < 4.78 is 30.2. The third kappa shape index (κ3) is 4.86. The Labute approximate surface area is 181 Å². The minimum atomic E-state index is -0.225. The Morgan fingerprint density at radius 1 is 1.00 bits per heavy atom. The molecular formula is C23H29FN4O3+2. The summed E-state index contributed by atoms with van der Waals surface area (Å²) in [5, 5.41) is 8.53. The lowest BCUT2D eigenvalue weighted by atomic mass is 10.1. The number of aromatic nitrogens is 2. The number of rotatable bonds is 7. The van der Waals surface area contributed by atoms with E-state index in [1.807, 2.05) is 24.3 Å². The molecule has 0 saturated carbocycles. The fraction of sp³-hybridized carbons (Fsp3) is 0.391. The van der Waals surface area contributed by atoms with Crippen molar-refractivity contribution in [3.8, 4) is 23.0 Å². The van der Waals surface area contributed by atoms with E-state index in [2.05, 4.69) is 17.1 Å². The smallest absolute Gasteiger partial charge is 0.274 e. The summed E-state index contributed by atoms with van der Waals surface area (Å²) in [6.07, 6.45) is 0. The van der Waals surface area contributed by atoms with Gasteiger partial charge in [-0.25, -0.2) is 4.39 Å². The lowest BCUT2D eigenvalue weighted by molar-refractivity contribution is -1.03. The number of hydrogen-bond donors (Lipinski definition) is 2. The molecule has 8 heteroatoms. The van der Waals surface area contributed by atoms with Crippen LogP contribution >= 0.6 is 0 Å². The Kier molecular flexibility index (Phi) is 6.48. The monoisotopic (exact) mass is 428 g/mol. The van der Waals surface area contributed by atoms with E-state index in [0.29, 0.717) is 11.8 Å². The van der Waals surface area contributed by atoms with Crippen LogP contribution in [0.3, 0.4) is 0 Å². The Balaban J connectivity index is 1.36. The number of nitrogens with one attached hydrogen (secondary N) is 2. The van der Waals surface area contributed by atoms with Gasteiger partial charge < -0.3 is 23.7 Å². The van der Waals surface area contributed by atoms with Crippen LogP contribution in [0.2, 0.25) is 0 Å². The molecule has 1 aliphatic rings. The number of piperazine rings is 1. The van der Waals surface area contributed by atoms with Gasteiger partial charge in [-0.1, -0.05) is 0 Å². The average Bonchev–Trinajstić information content (AvgIpc) is 3.30. The minimum Gasteiger partial charge on any atom is -0.497 e. The number of methoxy groups -OCH3 is 2. The largest absolute Gasteiger partial charge is 0.497 e. The van der Waals surface area contributed by atoms with Gasteiger partial charge in [0.2, 0.25) is 5.89 Å². The first-order valence-corrected chi connectivity index (χ1v) is 10.6. The third-order valence-electron chi connectivity index (χ3n) is 6.04. The molecule has 2 heterocycles. The molecule has 0 bridgehead atoms. The van der Waals surface area contributed by atoms with Crippen LogP contribution in [0.25, 0.3) is 11.5 Å². The van der Waals surface area contributed by atoms with Gasteiger partial charge in [-0.05, 0) is 49.4 Å². The van der Waals surface area contributed by atoms with Crippen molar-refractivity contribution in [1.82, 2.24) is 10.2 Å². The zero-order valence-electron chi connectivity index (χ0n) is 18.2. The van der Waals surface area contributed by atoms with Crippen molar-refractivity contribution in [2.75, 3.05) is 40.4 Å². The van der Waals surface area contributed by atoms with E-state index >= 15 is 0 Å². The lowest BCUT2D eigenvalue weighted by Crippen LogP contribution is -3.27. The average molecular weight is 429 g/mol. The maximum absolute atomic E-state index is 13.7. The zero-order valence-corrected chi connectivity index (χ0v) is 18.2. The number of hydrogen-bond acceptors (Lipinski definition) is 5. The van der Waals surface area contributed by atoms with Gasteiger partial charge in [0.25, 0.3) is 5.89 Å². The molecule has 1 aliphatic heterocycles. The first-order valence-electron chi connectivity index (χ1n) is 10.6. The van der Waals surface area contributed by atoms with Crippen LogP contribution in [0, 0.1) is 5.82 Å².